The lowest BCUT2D eigenvalue weighted by atomic mass is 9.62. The summed E-state index contributed by atoms with van der Waals surface area (Å²) in [5.41, 5.74) is -4.72. The lowest BCUT2D eigenvalue weighted by Crippen LogP contribution is -2.61. The van der Waals surface area contributed by atoms with Crippen LogP contribution in [0.5, 0.6) is 0 Å². The van der Waals surface area contributed by atoms with Crippen molar-refractivity contribution in [2.75, 3.05) is 41.4 Å². The third kappa shape index (κ3) is 8.68. The number of nitrogens with zero attached hydrogens (tertiary/aromatic N) is 2. The van der Waals surface area contributed by atoms with Gasteiger partial charge in [0, 0.05) is 62.9 Å². The Bertz CT molecular complexity index is 1530. The van der Waals surface area contributed by atoms with Gasteiger partial charge in [0.1, 0.15) is 30.1 Å². The molecule has 0 amide bonds. The van der Waals surface area contributed by atoms with Crippen LogP contribution in [0.3, 0.4) is 0 Å². The molecule has 0 spiro atoms. The van der Waals surface area contributed by atoms with E-state index in [9.17, 15) is 19.8 Å². The van der Waals surface area contributed by atoms with E-state index in [1.54, 1.807) is 40.9 Å². The summed E-state index contributed by atoms with van der Waals surface area (Å²) in [7, 11) is 6.88. The number of rotatable bonds is 10. The number of hydrogen-bond donors (Lipinski definition) is 2. The second kappa shape index (κ2) is 18.0. The molecule has 0 aromatic carbocycles. The highest BCUT2D eigenvalue weighted by molar-refractivity contribution is 5.91. The number of hydrogen-bond acceptors (Lipinski definition) is 15. The molecule has 5 heterocycles. The molecule has 5 rings (SSSR count). The Hall–Kier alpha value is -2.05. The van der Waals surface area contributed by atoms with E-state index in [4.69, 9.17) is 37.9 Å². The Morgan fingerprint density at radius 1 is 0.932 bits per heavy atom. The quantitative estimate of drug-likeness (QED) is 0.242. The molecule has 5 saturated heterocycles. The summed E-state index contributed by atoms with van der Waals surface area (Å²) in [5, 5.41) is 22.8. The minimum absolute atomic E-state index is 0.0880. The predicted molar refractivity (Wildman–Crippen MR) is 217 cm³/mol. The normalized spacial score (nSPS) is 49.0. The van der Waals surface area contributed by atoms with Crippen LogP contribution < -0.4 is 0 Å². The summed E-state index contributed by atoms with van der Waals surface area (Å²) in [6, 6.07) is -1.04. The van der Waals surface area contributed by atoms with Gasteiger partial charge in [-0.1, -0.05) is 33.8 Å². The van der Waals surface area contributed by atoms with E-state index in [1.165, 1.54) is 7.11 Å². The topological polar surface area (TPSA) is 172 Å². The SMILES string of the molecule is C=CCN1C[C@@]2(C)C(=O)[C@H](C)C[C@](C)(OC)[C@H](O[C@@H]3O[C@H](C)C[C@H](N(C)C)[C@H]3O)[C@H](C)C(O[C@H]3C[C@@](C)(OC)[C@@H](O)[C@H](C)O3)[C@@H](C)C(=O)O[C@H](CC)[C@@]3(C)OC(=O)[C@H]1[C@@H]32. The number of ether oxygens (including phenoxy) is 8. The molecule has 5 fully saturated rings. The largest absolute Gasteiger partial charge is 0.458 e. The van der Waals surface area contributed by atoms with Gasteiger partial charge in [0.25, 0.3) is 0 Å². The van der Waals surface area contributed by atoms with Gasteiger partial charge in [-0.05, 0) is 74.9 Å². The van der Waals surface area contributed by atoms with Crippen molar-refractivity contribution in [2.24, 2.45) is 29.1 Å². The van der Waals surface area contributed by atoms with E-state index >= 15 is 4.79 Å². The van der Waals surface area contributed by atoms with Crippen LogP contribution >= 0.6 is 0 Å². The van der Waals surface area contributed by atoms with E-state index in [0.717, 1.165) is 0 Å². The highest BCUT2D eigenvalue weighted by Crippen LogP contribution is 2.56. The van der Waals surface area contributed by atoms with Crippen LogP contribution in [0.15, 0.2) is 12.7 Å². The summed E-state index contributed by atoms with van der Waals surface area (Å²) < 4.78 is 51.4. The number of ketones is 1. The molecule has 19 atom stereocenters. The molecule has 1 unspecified atom stereocenters. The number of methoxy groups -OCH3 is 2. The molecule has 5 aliphatic heterocycles. The van der Waals surface area contributed by atoms with Crippen molar-refractivity contribution >= 4 is 17.7 Å². The van der Waals surface area contributed by atoms with E-state index in [2.05, 4.69) is 6.58 Å². The molecule has 0 saturated carbocycles. The minimum Gasteiger partial charge on any atom is -0.458 e. The summed E-state index contributed by atoms with van der Waals surface area (Å²) >= 11 is 0. The van der Waals surface area contributed by atoms with Gasteiger partial charge in [0.15, 0.2) is 18.2 Å². The third-order valence-corrected chi connectivity index (χ3v) is 14.7. The van der Waals surface area contributed by atoms with Crippen molar-refractivity contribution in [3.05, 3.63) is 12.7 Å². The number of esters is 2. The molecule has 15 nitrogen and oxygen atoms in total. The van der Waals surface area contributed by atoms with Crippen molar-refractivity contribution in [2.45, 2.75) is 179 Å². The van der Waals surface area contributed by atoms with Gasteiger partial charge in [0.2, 0.25) is 0 Å². The van der Waals surface area contributed by atoms with Crippen molar-refractivity contribution in [3.63, 3.8) is 0 Å². The first-order valence-corrected chi connectivity index (χ1v) is 21.5. The number of aliphatic hydroxyl groups is 2. The van der Waals surface area contributed by atoms with E-state index in [0.29, 0.717) is 19.4 Å². The minimum atomic E-state index is -1.35. The van der Waals surface area contributed by atoms with Crippen molar-refractivity contribution < 1.29 is 62.5 Å². The standard InChI is InChI=1S/C44H74N2O13/c1-16-18-46-22-41(8)34-31(46)39(51)59-44(34,11)29(17-2)56-38(50)26(6)33(57-30-21-42(9,52-14)36(49)27(7)55-30)25(5)37(43(10,53-15)20-23(3)35(41)48)58-40-32(47)28(45(12)13)19-24(4)54-40/h16,23-34,36-37,40,47,49H,1,17-22H2,2-15H3/t23-,24-,25-,26-,27+,28+,29-,30+,31-,32-,33?,34-,36+,37-,40+,41-,42-,43+,44-/m1/s1. The highest BCUT2D eigenvalue weighted by Gasteiger charge is 2.71. The maximum Gasteiger partial charge on any atom is 0.324 e. The fourth-order valence-electron chi connectivity index (χ4n) is 11.4. The smallest absolute Gasteiger partial charge is 0.324 e. The molecule has 15 heteroatoms. The lowest BCUT2D eigenvalue weighted by molar-refractivity contribution is -0.319. The second-order valence-corrected chi connectivity index (χ2v) is 19.3. The van der Waals surface area contributed by atoms with Gasteiger partial charge in [0.05, 0.1) is 41.5 Å². The molecule has 0 aliphatic carbocycles. The number of aliphatic hydroxyl groups excluding tert-OH is 2. The van der Waals surface area contributed by atoms with Gasteiger partial charge in [-0.25, -0.2) is 0 Å². The summed E-state index contributed by atoms with van der Waals surface area (Å²) in [6.07, 6.45) is -4.95. The monoisotopic (exact) mass is 839 g/mol. The second-order valence-electron chi connectivity index (χ2n) is 19.3. The first kappa shape index (κ1) is 48.0. The summed E-state index contributed by atoms with van der Waals surface area (Å²) in [4.78, 5) is 47.8. The Balaban J connectivity index is 1.67. The van der Waals surface area contributed by atoms with Gasteiger partial charge < -0.3 is 53.0 Å². The Morgan fingerprint density at radius 3 is 2.15 bits per heavy atom. The van der Waals surface area contributed by atoms with Crippen LogP contribution in [0.4, 0.5) is 0 Å². The average Bonchev–Trinajstić information content (AvgIpc) is 3.65. The molecule has 338 valence electrons. The van der Waals surface area contributed by atoms with E-state index in [1.807, 2.05) is 65.4 Å². The summed E-state index contributed by atoms with van der Waals surface area (Å²) in [5.74, 6) is -4.14. The molecule has 0 radical (unpaired) electrons. The van der Waals surface area contributed by atoms with Crippen LogP contribution in [0.25, 0.3) is 0 Å². The molecule has 5 aliphatic rings. The van der Waals surface area contributed by atoms with Gasteiger partial charge in [-0.3, -0.25) is 19.3 Å². The molecule has 59 heavy (non-hydrogen) atoms. The maximum absolute atomic E-state index is 15.2. The van der Waals surface area contributed by atoms with Gasteiger partial charge >= 0.3 is 11.9 Å². The van der Waals surface area contributed by atoms with Gasteiger partial charge in [-0.2, -0.15) is 0 Å². The molecular weight excluding hydrogens is 764 g/mol. The number of likely N-dealkylation sites (tertiary alicyclic amines) is 1. The van der Waals surface area contributed by atoms with Crippen LogP contribution in [-0.2, 0) is 52.3 Å². The first-order chi connectivity index (χ1) is 27.5. The number of likely N-dealkylation sites (N-methyl/N-ethyl adjacent to an activating group) is 1. The van der Waals surface area contributed by atoms with Crippen LogP contribution in [0.2, 0.25) is 0 Å². The molecule has 2 N–H and O–H groups in total. The van der Waals surface area contributed by atoms with E-state index in [-0.39, 0.29) is 37.3 Å². The molecule has 0 aromatic heterocycles. The molecular formula is C44H74N2O13. The van der Waals surface area contributed by atoms with Crippen LogP contribution in [0, 0.1) is 29.1 Å². The number of carbonyl (C=O) groups is 3. The lowest BCUT2D eigenvalue weighted by Gasteiger charge is -2.50. The van der Waals surface area contributed by atoms with Crippen molar-refractivity contribution in [1.82, 2.24) is 9.80 Å². The van der Waals surface area contributed by atoms with Crippen molar-refractivity contribution in [1.29, 1.82) is 0 Å². The van der Waals surface area contributed by atoms with E-state index < -0.39 is 113 Å². The zero-order chi connectivity index (χ0) is 44.2. The Morgan fingerprint density at radius 2 is 1.58 bits per heavy atom. The zero-order valence-corrected chi connectivity index (χ0v) is 38.0. The first-order valence-electron chi connectivity index (χ1n) is 21.5. The van der Waals surface area contributed by atoms with Gasteiger partial charge in [-0.15, -0.1) is 6.58 Å². The number of Topliss-reactive ketones (excluding diaryl/α,β-unsaturated/α-hetero) is 1. The van der Waals surface area contributed by atoms with Crippen LogP contribution in [-0.4, -0.2) is 163 Å². The average molecular weight is 839 g/mol. The highest BCUT2D eigenvalue weighted by atomic mass is 16.7. The molecule has 0 aromatic rings. The third-order valence-electron chi connectivity index (χ3n) is 14.7. The fourth-order valence-corrected chi connectivity index (χ4v) is 11.4. The molecule has 0 bridgehead atoms. The zero-order valence-electron chi connectivity index (χ0n) is 38.0. The Kier molecular flexibility index (Phi) is 14.6. The summed E-state index contributed by atoms with van der Waals surface area (Å²) in [6.45, 7) is 22.9. The Labute approximate surface area is 351 Å². The maximum atomic E-state index is 15.2. The predicted octanol–water partition coefficient (Wildman–Crippen LogP) is 3.50. The van der Waals surface area contributed by atoms with Crippen molar-refractivity contribution in [3.8, 4) is 0 Å². The number of carbonyl (C=O) groups excluding carboxylic acids is 3. The fraction of sp³-hybridized carbons (Fsp3) is 0.886. The van der Waals surface area contributed by atoms with Crippen LogP contribution in [0.1, 0.15) is 94.9 Å². The number of cyclic esters (lactones) is 1.